The van der Waals surface area contributed by atoms with Crippen LogP contribution >= 0.6 is 11.3 Å². The van der Waals surface area contributed by atoms with E-state index >= 15 is 0 Å². The summed E-state index contributed by atoms with van der Waals surface area (Å²) in [7, 11) is 0. The molecule has 26 heavy (non-hydrogen) atoms. The SMILES string of the molecule is Cc1cc(C(=O)COC(=O)Cc2ccsc2)c(C)n1Cc1ccccc1. The highest BCUT2D eigenvalue weighted by atomic mass is 32.1. The monoisotopic (exact) mass is 367 g/mol. The Morgan fingerprint density at radius 1 is 1.08 bits per heavy atom. The van der Waals surface area contributed by atoms with Crippen molar-refractivity contribution in [3.05, 3.63) is 81.3 Å². The maximum atomic E-state index is 12.5. The lowest BCUT2D eigenvalue weighted by Crippen LogP contribution is -2.16. The maximum Gasteiger partial charge on any atom is 0.310 e. The van der Waals surface area contributed by atoms with Gasteiger partial charge in [-0.1, -0.05) is 30.3 Å². The molecule has 0 saturated heterocycles. The fourth-order valence-corrected chi connectivity index (χ4v) is 3.60. The summed E-state index contributed by atoms with van der Waals surface area (Å²) in [6.07, 6.45) is 0.198. The smallest absolute Gasteiger partial charge is 0.310 e. The Morgan fingerprint density at radius 2 is 1.85 bits per heavy atom. The number of rotatable bonds is 7. The number of Topliss-reactive ketones (excluding diaryl/α,β-unsaturated/α-hetero) is 1. The van der Waals surface area contributed by atoms with Gasteiger partial charge in [-0.15, -0.1) is 0 Å². The zero-order valence-electron chi connectivity index (χ0n) is 14.9. The quantitative estimate of drug-likeness (QED) is 0.465. The molecule has 0 bridgehead atoms. The molecule has 0 N–H and O–H groups in total. The second kappa shape index (κ2) is 8.15. The van der Waals surface area contributed by atoms with Crippen LogP contribution in [-0.4, -0.2) is 22.9 Å². The van der Waals surface area contributed by atoms with Gasteiger partial charge in [0.05, 0.1) is 6.42 Å². The van der Waals surface area contributed by atoms with E-state index in [0.717, 1.165) is 17.0 Å². The number of hydrogen-bond acceptors (Lipinski definition) is 4. The number of esters is 1. The number of nitrogens with zero attached hydrogens (tertiary/aromatic N) is 1. The van der Waals surface area contributed by atoms with Crippen molar-refractivity contribution in [2.24, 2.45) is 0 Å². The Hall–Kier alpha value is -2.66. The third kappa shape index (κ3) is 4.29. The molecular weight excluding hydrogens is 346 g/mol. The molecule has 3 aromatic rings. The predicted molar refractivity (Wildman–Crippen MR) is 103 cm³/mol. The van der Waals surface area contributed by atoms with Crippen molar-refractivity contribution in [3.8, 4) is 0 Å². The highest BCUT2D eigenvalue weighted by molar-refractivity contribution is 7.07. The Balaban J connectivity index is 1.64. The lowest BCUT2D eigenvalue weighted by molar-refractivity contribution is -0.141. The molecule has 0 radical (unpaired) electrons. The number of aryl methyl sites for hydroxylation is 1. The molecule has 5 heteroatoms. The second-order valence-corrected chi connectivity index (χ2v) is 7.03. The van der Waals surface area contributed by atoms with Crippen molar-refractivity contribution in [2.75, 3.05) is 6.61 Å². The lowest BCUT2D eigenvalue weighted by Gasteiger charge is -2.10. The molecule has 0 aliphatic rings. The van der Waals surface area contributed by atoms with E-state index < -0.39 is 0 Å². The standard InChI is InChI=1S/C21H21NO3S/c1-15-10-19(16(2)22(15)12-17-6-4-3-5-7-17)20(23)13-25-21(24)11-18-8-9-26-14-18/h3-10,14H,11-13H2,1-2H3. The second-order valence-electron chi connectivity index (χ2n) is 6.25. The van der Waals surface area contributed by atoms with E-state index in [9.17, 15) is 9.59 Å². The highest BCUT2D eigenvalue weighted by Crippen LogP contribution is 2.18. The van der Waals surface area contributed by atoms with Gasteiger partial charge in [-0.25, -0.2) is 0 Å². The normalized spacial score (nSPS) is 10.7. The fraction of sp³-hybridized carbons (Fsp3) is 0.238. The van der Waals surface area contributed by atoms with Crippen LogP contribution in [0.1, 0.15) is 32.9 Å². The molecule has 134 valence electrons. The summed E-state index contributed by atoms with van der Waals surface area (Å²) < 4.78 is 7.27. The van der Waals surface area contributed by atoms with Crippen LogP contribution in [0.4, 0.5) is 0 Å². The Morgan fingerprint density at radius 3 is 2.54 bits per heavy atom. The first kappa shape index (κ1) is 18.1. The molecule has 3 rings (SSSR count). The number of carbonyl (C=O) groups excluding carboxylic acids is 2. The first-order valence-corrected chi connectivity index (χ1v) is 9.39. The van der Waals surface area contributed by atoms with Gasteiger partial charge in [0.1, 0.15) is 0 Å². The molecule has 0 amide bonds. The largest absolute Gasteiger partial charge is 0.457 e. The van der Waals surface area contributed by atoms with Crippen molar-refractivity contribution in [1.29, 1.82) is 0 Å². The Bertz CT molecular complexity index is 895. The number of hydrogen-bond donors (Lipinski definition) is 0. The van der Waals surface area contributed by atoms with Crippen LogP contribution in [0.3, 0.4) is 0 Å². The summed E-state index contributed by atoms with van der Waals surface area (Å²) in [5, 5.41) is 3.82. The number of thiophene rings is 1. The first-order chi connectivity index (χ1) is 12.5. The van der Waals surface area contributed by atoms with Crippen LogP contribution in [0.5, 0.6) is 0 Å². The van der Waals surface area contributed by atoms with E-state index in [1.807, 2.05) is 54.9 Å². The van der Waals surface area contributed by atoms with Crippen LogP contribution in [0, 0.1) is 13.8 Å². The third-order valence-electron chi connectivity index (χ3n) is 4.35. The minimum atomic E-state index is -0.380. The molecular formula is C21H21NO3S. The zero-order chi connectivity index (χ0) is 18.5. The predicted octanol–water partition coefficient (Wildman–Crippen LogP) is 4.18. The van der Waals surface area contributed by atoms with E-state index in [-0.39, 0.29) is 24.8 Å². The van der Waals surface area contributed by atoms with E-state index in [4.69, 9.17) is 4.74 Å². The van der Waals surface area contributed by atoms with E-state index in [1.54, 1.807) is 0 Å². The molecule has 0 spiro atoms. The molecule has 0 fully saturated rings. The first-order valence-electron chi connectivity index (χ1n) is 8.45. The minimum absolute atomic E-state index is 0.170. The molecule has 0 unspecified atom stereocenters. The Kier molecular flexibility index (Phi) is 5.68. The van der Waals surface area contributed by atoms with Gasteiger partial charge in [0.25, 0.3) is 0 Å². The average Bonchev–Trinajstić information content (AvgIpc) is 3.24. The summed E-state index contributed by atoms with van der Waals surface area (Å²) in [5.74, 6) is -0.550. The summed E-state index contributed by atoms with van der Waals surface area (Å²) >= 11 is 1.53. The fourth-order valence-electron chi connectivity index (χ4n) is 2.93. The molecule has 0 atom stereocenters. The van der Waals surface area contributed by atoms with E-state index in [2.05, 4.69) is 16.7 Å². The van der Waals surface area contributed by atoms with Crippen LogP contribution in [0.2, 0.25) is 0 Å². The van der Waals surface area contributed by atoms with Gasteiger partial charge in [0.15, 0.2) is 6.61 Å². The van der Waals surface area contributed by atoms with E-state index in [0.29, 0.717) is 12.1 Å². The third-order valence-corrected chi connectivity index (χ3v) is 5.08. The van der Waals surface area contributed by atoms with Crippen LogP contribution < -0.4 is 0 Å². The number of carbonyl (C=O) groups is 2. The van der Waals surface area contributed by atoms with Crippen molar-refractivity contribution in [3.63, 3.8) is 0 Å². The number of aromatic nitrogens is 1. The van der Waals surface area contributed by atoms with Gasteiger partial charge in [0.2, 0.25) is 5.78 Å². The molecule has 2 heterocycles. The molecule has 0 aliphatic carbocycles. The molecule has 2 aromatic heterocycles. The van der Waals surface area contributed by atoms with Gasteiger partial charge < -0.3 is 9.30 Å². The topological polar surface area (TPSA) is 48.3 Å². The Labute approximate surface area is 157 Å². The average molecular weight is 367 g/mol. The number of benzene rings is 1. The van der Waals surface area contributed by atoms with E-state index in [1.165, 1.54) is 16.9 Å². The van der Waals surface area contributed by atoms with Crippen LogP contribution in [0.25, 0.3) is 0 Å². The summed E-state index contributed by atoms with van der Waals surface area (Å²) in [6, 6.07) is 13.9. The lowest BCUT2D eigenvalue weighted by atomic mass is 10.1. The van der Waals surface area contributed by atoms with Gasteiger partial charge in [-0.2, -0.15) is 11.3 Å². The van der Waals surface area contributed by atoms with Gasteiger partial charge in [-0.3, -0.25) is 9.59 Å². The van der Waals surface area contributed by atoms with Crippen molar-refractivity contribution in [2.45, 2.75) is 26.8 Å². The molecule has 0 aliphatic heterocycles. The van der Waals surface area contributed by atoms with Gasteiger partial charge in [0, 0.05) is 23.5 Å². The molecule has 4 nitrogen and oxygen atoms in total. The van der Waals surface area contributed by atoms with Gasteiger partial charge >= 0.3 is 5.97 Å². The maximum absolute atomic E-state index is 12.5. The zero-order valence-corrected chi connectivity index (χ0v) is 15.7. The van der Waals surface area contributed by atoms with Crippen molar-refractivity contribution >= 4 is 23.1 Å². The van der Waals surface area contributed by atoms with Crippen LogP contribution in [-0.2, 0) is 22.5 Å². The number of ether oxygens (including phenoxy) is 1. The molecule has 1 aromatic carbocycles. The van der Waals surface area contributed by atoms with Gasteiger partial charge in [-0.05, 0) is 47.9 Å². The van der Waals surface area contributed by atoms with Crippen molar-refractivity contribution < 1.29 is 14.3 Å². The van der Waals surface area contributed by atoms with Crippen molar-refractivity contribution in [1.82, 2.24) is 4.57 Å². The summed E-state index contributed by atoms with van der Waals surface area (Å²) in [6.45, 7) is 4.40. The highest BCUT2D eigenvalue weighted by Gasteiger charge is 2.17. The minimum Gasteiger partial charge on any atom is -0.457 e. The molecule has 0 saturated carbocycles. The summed E-state index contributed by atoms with van der Waals surface area (Å²) in [4.78, 5) is 24.4. The number of ketones is 1. The van der Waals surface area contributed by atoms with Crippen LogP contribution in [0.15, 0.2) is 53.2 Å². The summed E-state index contributed by atoms with van der Waals surface area (Å²) in [5.41, 5.74) is 4.61.